The van der Waals surface area contributed by atoms with Crippen LogP contribution in [-0.2, 0) is 0 Å². The number of rotatable bonds is 2. The molecule has 2 aromatic heterocycles. The first-order chi connectivity index (χ1) is 8.25. The number of hydrogen-bond acceptors (Lipinski definition) is 3. The van der Waals surface area contributed by atoms with Gasteiger partial charge in [-0.2, -0.15) is 0 Å². The lowest BCUT2D eigenvalue weighted by Crippen LogP contribution is -1.95. The topological polar surface area (TPSA) is 46.5 Å². The van der Waals surface area contributed by atoms with Gasteiger partial charge in [-0.05, 0) is 34.1 Å². The molecule has 2 heterocycles. The van der Waals surface area contributed by atoms with Gasteiger partial charge in [0.25, 0.3) is 0 Å². The Morgan fingerprint density at radius 1 is 1.24 bits per heavy atom. The molecule has 0 bridgehead atoms. The van der Waals surface area contributed by atoms with Gasteiger partial charge in [-0.25, -0.2) is 0 Å². The molecule has 3 aromatic rings. The average molecular weight is 293 g/mol. The van der Waals surface area contributed by atoms with Crippen molar-refractivity contribution in [1.82, 2.24) is 0 Å². The maximum atomic E-state index is 10.1. The summed E-state index contributed by atoms with van der Waals surface area (Å²) in [6.45, 7) is 0. The zero-order chi connectivity index (χ0) is 11.8. The van der Waals surface area contributed by atoms with Crippen LogP contribution in [0.25, 0.3) is 11.0 Å². The Balaban J connectivity index is 2.10. The number of furan rings is 2. The zero-order valence-electron chi connectivity index (χ0n) is 8.76. The summed E-state index contributed by atoms with van der Waals surface area (Å²) in [4.78, 5) is 0. The molecule has 17 heavy (non-hydrogen) atoms. The van der Waals surface area contributed by atoms with Gasteiger partial charge in [-0.15, -0.1) is 0 Å². The van der Waals surface area contributed by atoms with Crippen molar-refractivity contribution >= 4 is 26.9 Å². The Bertz CT molecular complexity index is 640. The average Bonchev–Trinajstić information content (AvgIpc) is 2.98. The van der Waals surface area contributed by atoms with Crippen LogP contribution in [0.15, 0.2) is 56.2 Å². The molecule has 0 aliphatic heterocycles. The molecular weight excluding hydrogens is 284 g/mol. The number of hydrogen-bond donors (Lipinski definition) is 1. The number of aliphatic hydroxyl groups is 1. The number of fused-ring (bicyclic) bond motifs is 1. The summed E-state index contributed by atoms with van der Waals surface area (Å²) >= 11 is 3.41. The molecule has 1 aromatic carbocycles. The van der Waals surface area contributed by atoms with E-state index in [-0.39, 0.29) is 0 Å². The predicted molar refractivity (Wildman–Crippen MR) is 66.7 cm³/mol. The standard InChI is InChI=1S/C13H9BrO3/c14-10-3-1-2-8-6-11(17-13(8)10)12(15)9-4-5-16-7-9/h1-7,12,15H. The molecule has 0 saturated carbocycles. The highest BCUT2D eigenvalue weighted by Crippen LogP contribution is 2.32. The highest BCUT2D eigenvalue weighted by atomic mass is 79.9. The third-order valence-electron chi connectivity index (χ3n) is 2.64. The summed E-state index contributed by atoms with van der Waals surface area (Å²) < 4.78 is 11.5. The molecule has 0 radical (unpaired) electrons. The SMILES string of the molecule is OC(c1ccoc1)c1cc2cccc(Br)c2o1. The number of para-hydroxylation sites is 1. The lowest BCUT2D eigenvalue weighted by atomic mass is 10.1. The lowest BCUT2D eigenvalue weighted by molar-refractivity contribution is 0.191. The van der Waals surface area contributed by atoms with Gasteiger partial charge in [0.15, 0.2) is 0 Å². The Labute approximate surface area is 106 Å². The molecule has 0 amide bonds. The normalized spacial score (nSPS) is 13.1. The van der Waals surface area contributed by atoms with E-state index in [1.807, 2.05) is 24.3 Å². The van der Waals surface area contributed by atoms with Gasteiger partial charge in [0, 0.05) is 10.9 Å². The van der Waals surface area contributed by atoms with Gasteiger partial charge in [0.1, 0.15) is 17.4 Å². The third kappa shape index (κ3) is 1.79. The molecule has 0 saturated heterocycles. The first-order valence-corrected chi connectivity index (χ1v) is 5.93. The van der Waals surface area contributed by atoms with Gasteiger partial charge in [0.05, 0.1) is 17.0 Å². The number of aliphatic hydroxyl groups excluding tert-OH is 1. The minimum absolute atomic E-state index is 0.508. The van der Waals surface area contributed by atoms with Crippen molar-refractivity contribution < 1.29 is 13.9 Å². The fourth-order valence-corrected chi connectivity index (χ4v) is 2.24. The highest BCUT2D eigenvalue weighted by molar-refractivity contribution is 9.10. The number of benzene rings is 1. The lowest BCUT2D eigenvalue weighted by Gasteiger charge is -2.02. The van der Waals surface area contributed by atoms with E-state index in [1.54, 1.807) is 6.07 Å². The molecule has 0 aliphatic rings. The maximum absolute atomic E-state index is 10.1. The van der Waals surface area contributed by atoms with E-state index in [1.165, 1.54) is 12.5 Å². The van der Waals surface area contributed by atoms with E-state index in [0.717, 1.165) is 15.4 Å². The Kier molecular flexibility index (Phi) is 2.53. The largest absolute Gasteiger partial charge is 0.472 e. The van der Waals surface area contributed by atoms with Crippen LogP contribution in [0.4, 0.5) is 0 Å². The summed E-state index contributed by atoms with van der Waals surface area (Å²) in [5.41, 5.74) is 1.42. The van der Waals surface area contributed by atoms with Crippen molar-refractivity contribution in [3.05, 3.63) is 58.7 Å². The fraction of sp³-hybridized carbons (Fsp3) is 0.0769. The van der Waals surface area contributed by atoms with E-state index in [2.05, 4.69) is 15.9 Å². The van der Waals surface area contributed by atoms with Crippen LogP contribution < -0.4 is 0 Å². The molecular formula is C13H9BrO3. The quantitative estimate of drug-likeness (QED) is 0.780. The molecule has 0 spiro atoms. The molecule has 1 unspecified atom stereocenters. The minimum atomic E-state index is -0.798. The van der Waals surface area contributed by atoms with Crippen LogP contribution in [0.1, 0.15) is 17.4 Å². The van der Waals surface area contributed by atoms with Crippen LogP contribution >= 0.6 is 15.9 Å². The summed E-state index contributed by atoms with van der Waals surface area (Å²) in [5.74, 6) is 0.508. The van der Waals surface area contributed by atoms with Crippen molar-refractivity contribution in [2.24, 2.45) is 0 Å². The zero-order valence-corrected chi connectivity index (χ0v) is 10.3. The summed E-state index contributed by atoms with van der Waals surface area (Å²) in [5, 5.41) is 11.1. The molecule has 0 aliphatic carbocycles. The molecule has 4 heteroatoms. The molecule has 86 valence electrons. The summed E-state index contributed by atoms with van der Waals surface area (Å²) in [6.07, 6.45) is 2.23. The Morgan fingerprint density at radius 3 is 2.82 bits per heavy atom. The van der Waals surface area contributed by atoms with Crippen molar-refractivity contribution in [3.63, 3.8) is 0 Å². The monoisotopic (exact) mass is 292 g/mol. The number of halogens is 1. The Hall–Kier alpha value is -1.52. The van der Waals surface area contributed by atoms with Gasteiger partial charge in [-0.1, -0.05) is 12.1 Å². The van der Waals surface area contributed by atoms with Crippen molar-refractivity contribution in [2.45, 2.75) is 6.10 Å². The maximum Gasteiger partial charge on any atom is 0.148 e. The van der Waals surface area contributed by atoms with Crippen molar-refractivity contribution in [3.8, 4) is 0 Å². The van der Waals surface area contributed by atoms with Crippen LogP contribution in [0, 0.1) is 0 Å². The third-order valence-corrected chi connectivity index (χ3v) is 3.27. The smallest absolute Gasteiger partial charge is 0.148 e. The minimum Gasteiger partial charge on any atom is -0.472 e. The van der Waals surface area contributed by atoms with E-state index < -0.39 is 6.10 Å². The van der Waals surface area contributed by atoms with Gasteiger partial charge >= 0.3 is 0 Å². The first kappa shape index (κ1) is 10.6. The molecule has 0 fully saturated rings. The van der Waals surface area contributed by atoms with Gasteiger partial charge in [-0.3, -0.25) is 0 Å². The Morgan fingerprint density at radius 2 is 2.12 bits per heavy atom. The second-order valence-corrected chi connectivity index (χ2v) is 4.62. The van der Waals surface area contributed by atoms with E-state index >= 15 is 0 Å². The van der Waals surface area contributed by atoms with Crippen LogP contribution in [0.3, 0.4) is 0 Å². The second kappa shape index (κ2) is 4.05. The van der Waals surface area contributed by atoms with Crippen molar-refractivity contribution in [2.75, 3.05) is 0 Å². The van der Waals surface area contributed by atoms with Crippen LogP contribution in [0.5, 0.6) is 0 Å². The first-order valence-electron chi connectivity index (χ1n) is 5.14. The second-order valence-electron chi connectivity index (χ2n) is 3.77. The summed E-state index contributed by atoms with van der Waals surface area (Å²) in [6, 6.07) is 9.32. The van der Waals surface area contributed by atoms with Crippen LogP contribution in [0.2, 0.25) is 0 Å². The van der Waals surface area contributed by atoms with Gasteiger partial charge < -0.3 is 13.9 Å². The van der Waals surface area contributed by atoms with Gasteiger partial charge in [0.2, 0.25) is 0 Å². The highest BCUT2D eigenvalue weighted by Gasteiger charge is 2.17. The molecule has 1 N–H and O–H groups in total. The molecule has 3 rings (SSSR count). The van der Waals surface area contributed by atoms with Crippen LogP contribution in [-0.4, -0.2) is 5.11 Å². The van der Waals surface area contributed by atoms with Crippen molar-refractivity contribution in [1.29, 1.82) is 0 Å². The molecule has 1 atom stereocenters. The fourth-order valence-electron chi connectivity index (χ4n) is 1.78. The summed E-state index contributed by atoms with van der Waals surface area (Å²) in [7, 11) is 0. The van der Waals surface area contributed by atoms with E-state index in [4.69, 9.17) is 8.83 Å². The molecule has 3 nitrogen and oxygen atoms in total. The van der Waals surface area contributed by atoms with E-state index in [0.29, 0.717) is 11.3 Å². The van der Waals surface area contributed by atoms with E-state index in [9.17, 15) is 5.11 Å². The predicted octanol–water partition coefficient (Wildman–Crippen LogP) is 3.87.